The van der Waals surface area contributed by atoms with Crippen LogP contribution < -0.4 is 5.32 Å². The minimum Gasteiger partial charge on any atom is -0.444 e. The average molecular weight is 359 g/mol. The van der Waals surface area contributed by atoms with Crippen LogP contribution >= 0.6 is 0 Å². The van der Waals surface area contributed by atoms with Gasteiger partial charge in [-0.05, 0) is 33.1 Å². The van der Waals surface area contributed by atoms with E-state index in [1.807, 2.05) is 0 Å². The number of carbonyl (C=O) groups is 2. The summed E-state index contributed by atoms with van der Waals surface area (Å²) in [7, 11) is 0. The van der Waals surface area contributed by atoms with Crippen molar-refractivity contribution in [3.05, 3.63) is 0 Å². The number of cyclic esters (lactones) is 1. The molecular weight excluding hydrogens is 326 g/mol. The summed E-state index contributed by atoms with van der Waals surface area (Å²) in [4.78, 5) is 24.2. The first-order valence-electron chi connectivity index (χ1n) is 8.91. The number of rotatable bonds is 8. The SMILES string of the molecule is CCC(C)CCOCC(NC(=O)OC(C)(C)C)C1OC(C)(C)OC1=O. The van der Waals surface area contributed by atoms with Crippen molar-refractivity contribution in [3.63, 3.8) is 0 Å². The summed E-state index contributed by atoms with van der Waals surface area (Å²) in [6, 6.07) is -0.680. The lowest BCUT2D eigenvalue weighted by Gasteiger charge is -2.26. The van der Waals surface area contributed by atoms with Crippen LogP contribution in [0.25, 0.3) is 0 Å². The van der Waals surface area contributed by atoms with Crippen molar-refractivity contribution in [2.45, 2.75) is 84.8 Å². The number of alkyl carbamates (subject to hydrolysis) is 1. The molecule has 0 aromatic rings. The van der Waals surface area contributed by atoms with Gasteiger partial charge >= 0.3 is 12.1 Å². The maximum atomic E-state index is 12.1. The van der Waals surface area contributed by atoms with Crippen molar-refractivity contribution < 1.29 is 28.5 Å². The van der Waals surface area contributed by atoms with Gasteiger partial charge in [0.05, 0.1) is 12.6 Å². The molecule has 25 heavy (non-hydrogen) atoms. The molecule has 3 atom stereocenters. The van der Waals surface area contributed by atoms with Gasteiger partial charge in [-0.15, -0.1) is 0 Å². The Morgan fingerprint density at radius 3 is 2.48 bits per heavy atom. The Balaban J connectivity index is 2.67. The predicted molar refractivity (Wildman–Crippen MR) is 93.1 cm³/mol. The Labute approximate surface area is 150 Å². The molecule has 0 spiro atoms. The fourth-order valence-electron chi connectivity index (χ4n) is 2.29. The number of esters is 1. The Hall–Kier alpha value is -1.34. The highest BCUT2D eigenvalue weighted by atomic mass is 16.8. The summed E-state index contributed by atoms with van der Waals surface area (Å²) in [5.74, 6) is -0.979. The van der Waals surface area contributed by atoms with Crippen molar-refractivity contribution in [2.75, 3.05) is 13.2 Å². The maximum absolute atomic E-state index is 12.1. The van der Waals surface area contributed by atoms with E-state index in [2.05, 4.69) is 19.2 Å². The summed E-state index contributed by atoms with van der Waals surface area (Å²) in [6.07, 6.45) is 0.446. The first-order chi connectivity index (χ1) is 11.4. The predicted octanol–water partition coefficient (Wildman–Crippen LogP) is 3.01. The highest BCUT2D eigenvalue weighted by molar-refractivity contribution is 5.79. The van der Waals surface area contributed by atoms with Crippen LogP contribution in [0.1, 0.15) is 61.3 Å². The number of carbonyl (C=O) groups excluding carboxylic acids is 2. The molecule has 1 fully saturated rings. The molecule has 1 heterocycles. The lowest BCUT2D eigenvalue weighted by Crippen LogP contribution is -2.50. The number of nitrogens with one attached hydrogen (secondary N) is 1. The van der Waals surface area contributed by atoms with Crippen LogP contribution in [-0.2, 0) is 23.7 Å². The van der Waals surface area contributed by atoms with E-state index in [1.165, 1.54) is 0 Å². The highest BCUT2D eigenvalue weighted by Crippen LogP contribution is 2.26. The second-order valence-electron chi connectivity index (χ2n) is 7.99. The Bertz CT molecular complexity index is 457. The van der Waals surface area contributed by atoms with Gasteiger partial charge in [0.25, 0.3) is 0 Å². The second kappa shape index (κ2) is 8.85. The standard InChI is InChI=1S/C18H33NO6/c1-8-12(2)9-10-22-11-13(19-16(21)25-17(3,4)5)14-15(20)24-18(6,7)23-14/h12-14H,8-11H2,1-7H3,(H,19,21). The van der Waals surface area contributed by atoms with Crippen molar-refractivity contribution in [1.82, 2.24) is 5.32 Å². The molecule has 1 N–H and O–H groups in total. The summed E-state index contributed by atoms with van der Waals surface area (Å²) >= 11 is 0. The van der Waals surface area contributed by atoms with E-state index < -0.39 is 35.6 Å². The molecule has 0 radical (unpaired) electrons. The van der Waals surface area contributed by atoms with Crippen molar-refractivity contribution in [1.29, 1.82) is 0 Å². The highest BCUT2D eigenvalue weighted by Gasteiger charge is 2.46. The third kappa shape index (κ3) is 8.05. The summed E-state index contributed by atoms with van der Waals surface area (Å²) in [5.41, 5.74) is -0.637. The monoisotopic (exact) mass is 359 g/mol. The molecule has 0 saturated carbocycles. The van der Waals surface area contributed by atoms with Crippen LogP contribution in [0.3, 0.4) is 0 Å². The fourth-order valence-corrected chi connectivity index (χ4v) is 2.29. The van der Waals surface area contributed by atoms with Gasteiger partial charge in [-0.2, -0.15) is 0 Å². The van der Waals surface area contributed by atoms with Crippen LogP contribution in [0.4, 0.5) is 4.79 Å². The molecule has 0 bridgehead atoms. The molecule has 1 aliphatic heterocycles. The van der Waals surface area contributed by atoms with Gasteiger partial charge in [0.15, 0.2) is 6.10 Å². The van der Waals surface area contributed by atoms with E-state index in [0.717, 1.165) is 12.8 Å². The van der Waals surface area contributed by atoms with E-state index in [9.17, 15) is 9.59 Å². The molecule has 1 aliphatic rings. The van der Waals surface area contributed by atoms with Crippen LogP contribution in [0.2, 0.25) is 0 Å². The molecule has 1 rings (SSSR count). The van der Waals surface area contributed by atoms with Crippen molar-refractivity contribution in [2.24, 2.45) is 5.92 Å². The van der Waals surface area contributed by atoms with E-state index in [0.29, 0.717) is 12.5 Å². The van der Waals surface area contributed by atoms with Gasteiger partial charge in [0.2, 0.25) is 5.79 Å². The zero-order valence-corrected chi connectivity index (χ0v) is 16.5. The third-order valence-electron chi connectivity index (χ3n) is 3.81. The van der Waals surface area contributed by atoms with E-state index in [4.69, 9.17) is 18.9 Å². The minimum atomic E-state index is -1.02. The van der Waals surface area contributed by atoms with Gasteiger partial charge in [-0.1, -0.05) is 20.3 Å². The Morgan fingerprint density at radius 2 is 2.00 bits per heavy atom. The number of amides is 1. The lowest BCUT2D eigenvalue weighted by atomic mass is 10.1. The summed E-state index contributed by atoms with van der Waals surface area (Å²) in [5, 5.41) is 2.67. The Morgan fingerprint density at radius 1 is 1.36 bits per heavy atom. The van der Waals surface area contributed by atoms with Gasteiger partial charge in [-0.3, -0.25) is 0 Å². The average Bonchev–Trinajstić information content (AvgIpc) is 2.72. The minimum absolute atomic E-state index is 0.144. The first kappa shape index (κ1) is 21.7. The smallest absolute Gasteiger partial charge is 0.408 e. The quantitative estimate of drug-likeness (QED) is 0.530. The number of hydrogen-bond donors (Lipinski definition) is 1. The molecule has 1 saturated heterocycles. The van der Waals surface area contributed by atoms with Crippen LogP contribution in [0.5, 0.6) is 0 Å². The zero-order chi connectivity index (χ0) is 19.3. The van der Waals surface area contributed by atoms with Gasteiger partial charge in [-0.25, -0.2) is 9.59 Å². The van der Waals surface area contributed by atoms with Crippen LogP contribution in [-0.4, -0.2) is 48.8 Å². The molecule has 7 heteroatoms. The van der Waals surface area contributed by atoms with E-state index >= 15 is 0 Å². The van der Waals surface area contributed by atoms with Gasteiger partial charge in [0.1, 0.15) is 5.60 Å². The second-order valence-corrected chi connectivity index (χ2v) is 7.99. The molecule has 0 aliphatic carbocycles. The van der Waals surface area contributed by atoms with Crippen molar-refractivity contribution in [3.8, 4) is 0 Å². The molecular formula is C18H33NO6. The first-order valence-corrected chi connectivity index (χ1v) is 8.91. The van der Waals surface area contributed by atoms with E-state index in [1.54, 1.807) is 34.6 Å². The van der Waals surface area contributed by atoms with Crippen molar-refractivity contribution >= 4 is 12.1 Å². The summed E-state index contributed by atoms with van der Waals surface area (Å²) in [6.45, 7) is 13.6. The van der Waals surface area contributed by atoms with Crippen LogP contribution in [0, 0.1) is 5.92 Å². The molecule has 146 valence electrons. The summed E-state index contributed by atoms with van der Waals surface area (Å²) < 4.78 is 21.7. The number of hydrogen-bond acceptors (Lipinski definition) is 6. The number of ether oxygens (including phenoxy) is 4. The zero-order valence-electron chi connectivity index (χ0n) is 16.5. The van der Waals surface area contributed by atoms with Crippen LogP contribution in [0.15, 0.2) is 0 Å². The molecule has 7 nitrogen and oxygen atoms in total. The molecule has 3 unspecified atom stereocenters. The normalized spacial score (nSPS) is 22.2. The van der Waals surface area contributed by atoms with Gasteiger partial charge < -0.3 is 24.3 Å². The Kier molecular flexibility index (Phi) is 7.68. The third-order valence-corrected chi connectivity index (χ3v) is 3.81. The fraction of sp³-hybridized carbons (Fsp3) is 0.889. The van der Waals surface area contributed by atoms with E-state index in [-0.39, 0.29) is 6.61 Å². The molecule has 0 aromatic heterocycles. The lowest BCUT2D eigenvalue weighted by molar-refractivity contribution is -0.161. The molecule has 1 amide bonds. The topological polar surface area (TPSA) is 83.1 Å². The largest absolute Gasteiger partial charge is 0.444 e. The molecule has 0 aromatic carbocycles. The maximum Gasteiger partial charge on any atom is 0.408 e. The van der Waals surface area contributed by atoms with Gasteiger partial charge in [0, 0.05) is 20.5 Å².